The van der Waals surface area contributed by atoms with Gasteiger partial charge in [0.25, 0.3) is 0 Å². The highest BCUT2D eigenvalue weighted by atomic mass is 16.5. The summed E-state index contributed by atoms with van der Waals surface area (Å²) in [6, 6.07) is 0. The second-order valence-corrected chi connectivity index (χ2v) is 4.87. The van der Waals surface area contributed by atoms with Crippen LogP contribution in [-0.2, 0) is 4.74 Å². The Morgan fingerprint density at radius 3 is 2.69 bits per heavy atom. The van der Waals surface area contributed by atoms with Gasteiger partial charge in [-0.1, -0.05) is 20.3 Å². The molecule has 0 spiro atoms. The third-order valence-electron chi connectivity index (χ3n) is 3.70. The Balaban J connectivity index is 2.20. The Labute approximate surface area is 100 Å². The number of nitrogens with two attached hydrogens (primary N) is 1. The van der Waals surface area contributed by atoms with Gasteiger partial charge in [-0.25, -0.2) is 0 Å². The zero-order valence-corrected chi connectivity index (χ0v) is 11.0. The summed E-state index contributed by atoms with van der Waals surface area (Å²) < 4.78 is 5.54. The summed E-state index contributed by atoms with van der Waals surface area (Å²) in [5.41, 5.74) is 5.81. The summed E-state index contributed by atoms with van der Waals surface area (Å²) >= 11 is 0. The van der Waals surface area contributed by atoms with Crippen molar-refractivity contribution in [3.8, 4) is 0 Å². The number of ether oxygens (including phenoxy) is 1. The van der Waals surface area contributed by atoms with Crippen LogP contribution in [0.3, 0.4) is 0 Å². The first kappa shape index (κ1) is 13.9. The van der Waals surface area contributed by atoms with Gasteiger partial charge >= 0.3 is 0 Å². The van der Waals surface area contributed by atoms with Crippen molar-refractivity contribution in [1.82, 2.24) is 4.90 Å². The van der Waals surface area contributed by atoms with E-state index in [0.29, 0.717) is 0 Å². The fourth-order valence-electron chi connectivity index (χ4n) is 2.57. The van der Waals surface area contributed by atoms with Gasteiger partial charge in [0.1, 0.15) is 0 Å². The van der Waals surface area contributed by atoms with Crippen molar-refractivity contribution in [1.29, 1.82) is 0 Å². The molecular formula is C13H28N2O. The largest absolute Gasteiger partial charge is 0.380 e. The van der Waals surface area contributed by atoms with Crippen molar-refractivity contribution >= 4 is 0 Å². The molecule has 96 valence electrons. The maximum atomic E-state index is 5.81. The number of rotatable bonds is 7. The maximum Gasteiger partial charge on any atom is 0.0593 e. The van der Waals surface area contributed by atoms with Gasteiger partial charge in [-0.05, 0) is 37.8 Å². The molecule has 0 aromatic rings. The van der Waals surface area contributed by atoms with Gasteiger partial charge in [-0.2, -0.15) is 0 Å². The average molecular weight is 228 g/mol. The van der Waals surface area contributed by atoms with Crippen molar-refractivity contribution in [2.75, 3.05) is 39.4 Å². The third kappa shape index (κ3) is 4.40. The first-order valence-electron chi connectivity index (χ1n) is 6.81. The fourth-order valence-corrected chi connectivity index (χ4v) is 2.57. The topological polar surface area (TPSA) is 38.5 Å². The smallest absolute Gasteiger partial charge is 0.0593 e. The summed E-state index contributed by atoms with van der Waals surface area (Å²) in [5.74, 6) is 1.54. The Morgan fingerprint density at radius 2 is 2.06 bits per heavy atom. The molecule has 1 aliphatic rings. The van der Waals surface area contributed by atoms with Crippen molar-refractivity contribution in [3.63, 3.8) is 0 Å². The standard InChI is InChI=1S/C13H28N2O/c1-3-8-16-9-7-15-6-5-13(10-14)12(4-2)11-15/h12-13H,3-11,14H2,1-2H3. The molecule has 0 radical (unpaired) electrons. The molecule has 2 unspecified atom stereocenters. The third-order valence-corrected chi connectivity index (χ3v) is 3.70. The fraction of sp³-hybridized carbons (Fsp3) is 1.00. The Morgan fingerprint density at radius 1 is 1.25 bits per heavy atom. The molecule has 3 heteroatoms. The van der Waals surface area contributed by atoms with Crippen LogP contribution < -0.4 is 5.73 Å². The highest BCUT2D eigenvalue weighted by molar-refractivity contribution is 4.80. The highest BCUT2D eigenvalue weighted by Crippen LogP contribution is 2.24. The van der Waals surface area contributed by atoms with Gasteiger partial charge < -0.3 is 15.4 Å². The maximum absolute atomic E-state index is 5.81. The van der Waals surface area contributed by atoms with E-state index in [0.717, 1.165) is 44.6 Å². The lowest BCUT2D eigenvalue weighted by Crippen LogP contribution is -2.43. The van der Waals surface area contributed by atoms with Gasteiger partial charge in [0.05, 0.1) is 6.61 Å². The van der Waals surface area contributed by atoms with E-state index in [-0.39, 0.29) is 0 Å². The van der Waals surface area contributed by atoms with Crippen LogP contribution in [0.5, 0.6) is 0 Å². The normalized spacial score (nSPS) is 27.2. The molecule has 0 amide bonds. The Kier molecular flexibility index (Phi) is 7.01. The van der Waals surface area contributed by atoms with Crippen LogP contribution in [0.4, 0.5) is 0 Å². The van der Waals surface area contributed by atoms with Crippen LogP contribution >= 0.6 is 0 Å². The summed E-state index contributed by atoms with van der Waals surface area (Å²) in [5, 5.41) is 0. The molecule has 0 aromatic heterocycles. The van der Waals surface area contributed by atoms with Crippen LogP contribution in [-0.4, -0.2) is 44.3 Å². The lowest BCUT2D eigenvalue weighted by atomic mass is 9.84. The highest BCUT2D eigenvalue weighted by Gasteiger charge is 2.26. The van der Waals surface area contributed by atoms with Crippen LogP contribution in [0.25, 0.3) is 0 Å². The van der Waals surface area contributed by atoms with E-state index >= 15 is 0 Å². The van der Waals surface area contributed by atoms with Gasteiger partial charge in [-0.15, -0.1) is 0 Å². The molecule has 1 heterocycles. The molecule has 3 nitrogen and oxygen atoms in total. The predicted octanol–water partition coefficient (Wildman–Crippen LogP) is 1.72. The van der Waals surface area contributed by atoms with E-state index < -0.39 is 0 Å². The average Bonchev–Trinajstić information content (AvgIpc) is 2.34. The molecule has 1 rings (SSSR count). The Hall–Kier alpha value is -0.120. The zero-order valence-electron chi connectivity index (χ0n) is 11.0. The van der Waals surface area contributed by atoms with E-state index in [9.17, 15) is 0 Å². The predicted molar refractivity (Wildman–Crippen MR) is 68.5 cm³/mol. The van der Waals surface area contributed by atoms with Gasteiger partial charge in [0, 0.05) is 19.7 Å². The van der Waals surface area contributed by atoms with Crippen molar-refractivity contribution in [3.05, 3.63) is 0 Å². The van der Waals surface area contributed by atoms with Crippen LogP contribution in [0, 0.1) is 11.8 Å². The lowest BCUT2D eigenvalue weighted by molar-refractivity contribution is 0.0674. The number of hydrogen-bond donors (Lipinski definition) is 1. The molecule has 1 aliphatic heterocycles. The minimum Gasteiger partial charge on any atom is -0.380 e. The minimum absolute atomic E-state index is 0.748. The number of likely N-dealkylation sites (tertiary alicyclic amines) is 1. The lowest BCUT2D eigenvalue weighted by Gasteiger charge is -2.37. The van der Waals surface area contributed by atoms with Crippen molar-refractivity contribution in [2.45, 2.75) is 33.1 Å². The second kappa shape index (κ2) is 8.04. The van der Waals surface area contributed by atoms with Crippen molar-refractivity contribution in [2.24, 2.45) is 17.6 Å². The van der Waals surface area contributed by atoms with Crippen LogP contribution in [0.1, 0.15) is 33.1 Å². The molecule has 0 aliphatic carbocycles. The number of hydrogen-bond acceptors (Lipinski definition) is 3. The number of nitrogens with zero attached hydrogens (tertiary/aromatic N) is 1. The van der Waals surface area contributed by atoms with Crippen LogP contribution in [0.2, 0.25) is 0 Å². The first-order chi connectivity index (χ1) is 7.81. The van der Waals surface area contributed by atoms with Gasteiger partial charge in [0.15, 0.2) is 0 Å². The van der Waals surface area contributed by atoms with E-state index in [1.54, 1.807) is 0 Å². The summed E-state index contributed by atoms with van der Waals surface area (Å²) in [4.78, 5) is 2.54. The molecule has 16 heavy (non-hydrogen) atoms. The van der Waals surface area contributed by atoms with E-state index in [1.807, 2.05) is 0 Å². The van der Waals surface area contributed by atoms with Crippen molar-refractivity contribution < 1.29 is 4.74 Å². The summed E-state index contributed by atoms with van der Waals surface area (Å²) in [6.07, 6.45) is 3.64. The monoisotopic (exact) mass is 228 g/mol. The SMILES string of the molecule is CCCOCCN1CCC(CN)C(CC)C1. The summed E-state index contributed by atoms with van der Waals surface area (Å²) in [7, 11) is 0. The van der Waals surface area contributed by atoms with Gasteiger partial charge in [-0.3, -0.25) is 0 Å². The number of piperidine rings is 1. The molecule has 1 fully saturated rings. The zero-order chi connectivity index (χ0) is 11.8. The molecule has 2 N–H and O–H groups in total. The first-order valence-corrected chi connectivity index (χ1v) is 6.81. The molecule has 0 saturated carbocycles. The molecule has 1 saturated heterocycles. The van der Waals surface area contributed by atoms with Crippen LogP contribution in [0.15, 0.2) is 0 Å². The Bertz CT molecular complexity index is 175. The molecular weight excluding hydrogens is 200 g/mol. The molecule has 0 aromatic carbocycles. The quantitative estimate of drug-likeness (QED) is 0.674. The summed E-state index contributed by atoms with van der Waals surface area (Å²) in [6.45, 7) is 10.6. The minimum atomic E-state index is 0.748. The van der Waals surface area contributed by atoms with E-state index in [2.05, 4.69) is 18.7 Å². The molecule has 2 atom stereocenters. The van der Waals surface area contributed by atoms with E-state index in [4.69, 9.17) is 10.5 Å². The molecule has 0 bridgehead atoms. The second-order valence-electron chi connectivity index (χ2n) is 4.87. The van der Waals surface area contributed by atoms with Gasteiger partial charge in [0.2, 0.25) is 0 Å². The van der Waals surface area contributed by atoms with E-state index in [1.165, 1.54) is 25.9 Å².